The van der Waals surface area contributed by atoms with Crippen molar-refractivity contribution in [3.05, 3.63) is 39.5 Å². The number of aryl methyl sites for hydroxylation is 3. The Morgan fingerprint density at radius 1 is 1.38 bits per heavy atom. The van der Waals surface area contributed by atoms with Crippen LogP contribution in [0.5, 0.6) is 0 Å². The van der Waals surface area contributed by atoms with Crippen molar-refractivity contribution in [3.63, 3.8) is 0 Å². The fourth-order valence-electron chi connectivity index (χ4n) is 2.57. The molecule has 0 radical (unpaired) electrons. The van der Waals surface area contributed by atoms with Crippen molar-refractivity contribution >= 4 is 34.5 Å². The molecule has 0 saturated heterocycles. The molecule has 1 aromatic heterocycles. The van der Waals surface area contributed by atoms with Gasteiger partial charge in [-0.25, -0.2) is 4.79 Å². The molecule has 0 unspecified atom stereocenters. The van der Waals surface area contributed by atoms with Gasteiger partial charge in [-0.3, -0.25) is 0 Å². The molecule has 0 aliphatic carbocycles. The highest BCUT2D eigenvalue weighted by Crippen LogP contribution is 2.35. The Hall–Kier alpha value is -1.74. The third-order valence-corrected chi connectivity index (χ3v) is 4.27. The first kappa shape index (κ1) is 15.6. The van der Waals surface area contributed by atoms with Crippen molar-refractivity contribution in [2.45, 2.75) is 40.7 Å². The van der Waals surface area contributed by atoms with E-state index in [-0.39, 0.29) is 5.57 Å². The average molecular weight is 306 g/mol. The number of hydrogen-bond donors (Lipinski definition) is 1. The van der Waals surface area contributed by atoms with Crippen molar-refractivity contribution in [3.8, 4) is 0 Å². The first-order chi connectivity index (χ1) is 9.88. The fraction of sp³-hybridized carbons (Fsp3) is 0.353. The standard InChI is InChI=1S/C17H20ClNO2/c1-5-8-19-15-12(4)10(2)6-7-13(15)14(16(19)18)9-11(3)17(20)21/h6-7,9H,5,8H2,1-4H3,(H,20,21)/b11-9+. The van der Waals surface area contributed by atoms with Crippen LogP contribution in [0.3, 0.4) is 0 Å². The van der Waals surface area contributed by atoms with Crippen LogP contribution < -0.4 is 0 Å². The molecule has 0 saturated carbocycles. The van der Waals surface area contributed by atoms with Gasteiger partial charge in [-0.1, -0.05) is 30.7 Å². The van der Waals surface area contributed by atoms with Crippen molar-refractivity contribution in [1.29, 1.82) is 0 Å². The molecule has 4 heteroatoms. The summed E-state index contributed by atoms with van der Waals surface area (Å²) < 4.78 is 2.08. The molecule has 112 valence electrons. The van der Waals surface area contributed by atoms with Crippen LogP contribution in [-0.4, -0.2) is 15.6 Å². The van der Waals surface area contributed by atoms with Crippen LogP contribution in [0.2, 0.25) is 5.15 Å². The highest BCUT2D eigenvalue weighted by molar-refractivity contribution is 6.33. The van der Waals surface area contributed by atoms with E-state index < -0.39 is 5.97 Å². The van der Waals surface area contributed by atoms with Crippen molar-refractivity contribution in [2.75, 3.05) is 0 Å². The van der Waals surface area contributed by atoms with Gasteiger partial charge in [0, 0.05) is 23.1 Å². The Morgan fingerprint density at radius 2 is 2.05 bits per heavy atom. The second-order valence-corrected chi connectivity index (χ2v) is 5.75. The summed E-state index contributed by atoms with van der Waals surface area (Å²) in [5, 5.41) is 10.7. The zero-order valence-electron chi connectivity index (χ0n) is 12.8. The maximum Gasteiger partial charge on any atom is 0.331 e. The Bertz CT molecular complexity index is 741. The molecule has 0 aliphatic rings. The van der Waals surface area contributed by atoms with E-state index in [0.717, 1.165) is 29.4 Å². The van der Waals surface area contributed by atoms with Crippen LogP contribution in [-0.2, 0) is 11.3 Å². The monoisotopic (exact) mass is 305 g/mol. The van der Waals surface area contributed by atoms with Gasteiger partial charge in [-0.05, 0) is 44.4 Å². The smallest absolute Gasteiger partial charge is 0.331 e. The first-order valence-electron chi connectivity index (χ1n) is 7.08. The Labute approximate surface area is 129 Å². The summed E-state index contributed by atoms with van der Waals surface area (Å²) in [6.45, 7) is 8.66. The molecule has 3 nitrogen and oxygen atoms in total. The molecule has 0 amide bonds. The number of carboxylic acids is 1. The van der Waals surface area contributed by atoms with Crippen molar-refractivity contribution < 1.29 is 9.90 Å². The molecule has 21 heavy (non-hydrogen) atoms. The highest BCUT2D eigenvalue weighted by atomic mass is 35.5. The first-order valence-corrected chi connectivity index (χ1v) is 7.45. The van der Waals surface area contributed by atoms with Gasteiger partial charge in [-0.2, -0.15) is 0 Å². The lowest BCUT2D eigenvalue weighted by Gasteiger charge is -2.08. The summed E-state index contributed by atoms with van der Waals surface area (Å²) in [5.74, 6) is -0.925. The van der Waals surface area contributed by atoms with Crippen molar-refractivity contribution in [2.24, 2.45) is 0 Å². The summed E-state index contributed by atoms with van der Waals surface area (Å²) >= 11 is 6.53. The van der Waals surface area contributed by atoms with E-state index in [9.17, 15) is 4.79 Å². The topological polar surface area (TPSA) is 42.2 Å². The second-order valence-electron chi connectivity index (χ2n) is 5.39. The zero-order chi connectivity index (χ0) is 15.7. The number of benzene rings is 1. The van der Waals surface area contributed by atoms with Gasteiger partial charge >= 0.3 is 5.97 Å². The number of carboxylic acid groups (broad SMARTS) is 1. The molecular weight excluding hydrogens is 286 g/mol. The summed E-state index contributed by atoms with van der Waals surface area (Å²) in [6.07, 6.45) is 2.63. The van der Waals surface area contributed by atoms with E-state index in [0.29, 0.717) is 5.15 Å². The van der Waals surface area contributed by atoms with E-state index in [2.05, 4.69) is 31.4 Å². The van der Waals surface area contributed by atoms with E-state index in [4.69, 9.17) is 16.7 Å². The van der Waals surface area contributed by atoms with E-state index >= 15 is 0 Å². The molecule has 1 aromatic carbocycles. The molecule has 0 aliphatic heterocycles. The third-order valence-electron chi connectivity index (χ3n) is 3.87. The lowest BCUT2D eigenvalue weighted by Crippen LogP contribution is -1.98. The minimum Gasteiger partial charge on any atom is -0.478 e. The fourth-order valence-corrected chi connectivity index (χ4v) is 2.90. The number of hydrogen-bond acceptors (Lipinski definition) is 1. The van der Waals surface area contributed by atoms with Crippen LogP contribution >= 0.6 is 11.6 Å². The summed E-state index contributed by atoms with van der Waals surface area (Å²) in [7, 11) is 0. The molecule has 2 aromatic rings. The number of aromatic nitrogens is 1. The van der Waals surface area contributed by atoms with Crippen LogP contribution in [0.4, 0.5) is 0 Å². The van der Waals surface area contributed by atoms with Gasteiger partial charge in [-0.15, -0.1) is 0 Å². The predicted molar refractivity (Wildman–Crippen MR) is 88.0 cm³/mol. The summed E-state index contributed by atoms with van der Waals surface area (Å²) in [6, 6.07) is 4.08. The van der Waals surface area contributed by atoms with Crippen molar-refractivity contribution in [1.82, 2.24) is 4.57 Å². The minimum absolute atomic E-state index is 0.283. The van der Waals surface area contributed by atoms with Gasteiger partial charge in [0.05, 0.1) is 5.52 Å². The maximum atomic E-state index is 11.1. The SMILES string of the molecule is CCCn1c(Cl)c(/C=C(\C)C(=O)O)c2ccc(C)c(C)c21. The number of halogens is 1. The molecule has 0 fully saturated rings. The zero-order valence-corrected chi connectivity index (χ0v) is 13.6. The Morgan fingerprint density at radius 3 is 2.62 bits per heavy atom. The van der Waals surface area contributed by atoms with E-state index in [1.165, 1.54) is 11.1 Å². The van der Waals surface area contributed by atoms with E-state index in [1.807, 2.05) is 6.07 Å². The lowest BCUT2D eigenvalue weighted by molar-refractivity contribution is -0.132. The molecule has 2 rings (SSSR count). The van der Waals surface area contributed by atoms with Gasteiger partial charge in [0.15, 0.2) is 0 Å². The lowest BCUT2D eigenvalue weighted by atomic mass is 10.0. The number of aliphatic carboxylic acids is 1. The van der Waals surface area contributed by atoms with Gasteiger partial charge in [0.2, 0.25) is 0 Å². The Balaban J connectivity index is 2.84. The quantitative estimate of drug-likeness (QED) is 0.824. The van der Waals surface area contributed by atoms with Crippen LogP contribution in [0.25, 0.3) is 17.0 Å². The highest BCUT2D eigenvalue weighted by Gasteiger charge is 2.17. The van der Waals surface area contributed by atoms with Crippen LogP contribution in [0.15, 0.2) is 17.7 Å². The van der Waals surface area contributed by atoms with Crippen LogP contribution in [0.1, 0.15) is 37.0 Å². The molecule has 0 atom stereocenters. The average Bonchev–Trinajstić information content (AvgIpc) is 2.69. The second kappa shape index (κ2) is 5.94. The van der Waals surface area contributed by atoms with Gasteiger partial charge < -0.3 is 9.67 Å². The number of fused-ring (bicyclic) bond motifs is 1. The largest absolute Gasteiger partial charge is 0.478 e. The summed E-state index contributed by atoms with van der Waals surface area (Å²) in [5.41, 5.74) is 4.58. The maximum absolute atomic E-state index is 11.1. The van der Waals surface area contributed by atoms with Gasteiger partial charge in [0.1, 0.15) is 5.15 Å². The molecule has 1 heterocycles. The number of rotatable bonds is 4. The van der Waals surface area contributed by atoms with Gasteiger partial charge in [0.25, 0.3) is 0 Å². The molecule has 0 bridgehead atoms. The number of nitrogens with zero attached hydrogens (tertiary/aromatic N) is 1. The molecule has 1 N–H and O–H groups in total. The van der Waals surface area contributed by atoms with Crippen LogP contribution in [0, 0.1) is 13.8 Å². The molecule has 0 spiro atoms. The van der Waals surface area contributed by atoms with E-state index in [1.54, 1.807) is 13.0 Å². The Kier molecular flexibility index (Phi) is 4.43. The normalized spacial score (nSPS) is 12.1. The minimum atomic E-state index is -0.925. The third kappa shape index (κ3) is 2.70. The predicted octanol–water partition coefficient (Wildman–Crippen LogP) is 4.81. The number of carbonyl (C=O) groups is 1. The summed E-state index contributed by atoms with van der Waals surface area (Å²) in [4.78, 5) is 11.1. The molecular formula is C17H20ClNO2.